The van der Waals surface area contributed by atoms with Crippen LogP contribution in [0.25, 0.3) is 0 Å². The molecule has 0 atom stereocenters. The van der Waals surface area contributed by atoms with Gasteiger partial charge >= 0.3 is 0 Å². The van der Waals surface area contributed by atoms with Crippen molar-refractivity contribution in [3.8, 4) is 0 Å². The number of sulfonamides is 1. The Morgan fingerprint density at radius 1 is 1.08 bits per heavy atom. The molecular formula is C18H21NO3S2. The fraction of sp³-hybridized carbons (Fsp3) is 0.278. The summed E-state index contributed by atoms with van der Waals surface area (Å²) < 4.78 is 24.2. The highest BCUT2D eigenvalue weighted by Crippen LogP contribution is 2.19. The highest BCUT2D eigenvalue weighted by Gasteiger charge is 2.13. The molecule has 4 nitrogen and oxygen atoms in total. The summed E-state index contributed by atoms with van der Waals surface area (Å²) in [4.78, 5) is 12.2. The van der Waals surface area contributed by atoms with Crippen molar-refractivity contribution in [3.05, 3.63) is 65.2 Å². The van der Waals surface area contributed by atoms with Crippen LogP contribution < -0.4 is 4.31 Å². The van der Waals surface area contributed by atoms with Gasteiger partial charge in [-0.05, 0) is 42.3 Å². The summed E-state index contributed by atoms with van der Waals surface area (Å²) in [5.74, 6) is 1.24. The molecule has 2 aromatic rings. The molecule has 0 N–H and O–H groups in total. The molecule has 0 aliphatic rings. The van der Waals surface area contributed by atoms with Gasteiger partial charge in [0.2, 0.25) is 10.0 Å². The molecular weight excluding hydrogens is 342 g/mol. The number of thioether (sulfide) groups is 1. The van der Waals surface area contributed by atoms with Gasteiger partial charge in [0, 0.05) is 18.4 Å². The Balaban J connectivity index is 1.95. The topological polar surface area (TPSA) is 54.5 Å². The zero-order chi connectivity index (χ0) is 17.7. The second-order valence-electron chi connectivity index (χ2n) is 5.62. The zero-order valence-electron chi connectivity index (χ0n) is 14.0. The number of ketones is 1. The maximum atomic E-state index is 12.2. The van der Waals surface area contributed by atoms with Crippen molar-refractivity contribution >= 4 is 33.3 Å². The summed E-state index contributed by atoms with van der Waals surface area (Å²) in [6, 6.07) is 14.8. The lowest BCUT2D eigenvalue weighted by Crippen LogP contribution is -2.24. The van der Waals surface area contributed by atoms with Gasteiger partial charge in [-0.1, -0.05) is 24.3 Å². The van der Waals surface area contributed by atoms with Crippen LogP contribution in [0.15, 0.2) is 48.5 Å². The Morgan fingerprint density at radius 3 is 2.29 bits per heavy atom. The standard InChI is InChI=1S/C18H21NO3S2/c1-14-6-4-5-7-16(14)12-23-13-18(20)15-8-10-17(11-9-15)19(2)24(3,21)22/h4-11H,12-13H2,1-3H3. The highest BCUT2D eigenvalue weighted by molar-refractivity contribution is 7.99. The predicted molar refractivity (Wildman–Crippen MR) is 101 cm³/mol. The first-order valence-electron chi connectivity index (χ1n) is 7.48. The number of hydrogen-bond donors (Lipinski definition) is 0. The number of Topliss-reactive ketones (excluding diaryl/α,β-unsaturated/α-hetero) is 1. The SMILES string of the molecule is Cc1ccccc1CSCC(=O)c1ccc(N(C)S(C)(=O)=O)cc1. The van der Waals surface area contributed by atoms with Crippen molar-refractivity contribution < 1.29 is 13.2 Å². The summed E-state index contributed by atoms with van der Waals surface area (Å²) in [6.07, 6.45) is 1.15. The third-order valence-electron chi connectivity index (χ3n) is 3.80. The molecule has 0 spiro atoms. The minimum Gasteiger partial charge on any atom is -0.293 e. The number of aryl methyl sites for hydroxylation is 1. The molecule has 0 saturated heterocycles. The molecule has 0 bridgehead atoms. The second kappa shape index (κ2) is 7.85. The minimum atomic E-state index is -3.29. The van der Waals surface area contributed by atoms with Gasteiger partial charge in [0.25, 0.3) is 0 Å². The summed E-state index contributed by atoms with van der Waals surface area (Å²) in [5, 5.41) is 0. The van der Waals surface area contributed by atoms with E-state index in [0.29, 0.717) is 17.0 Å². The zero-order valence-corrected chi connectivity index (χ0v) is 15.7. The van der Waals surface area contributed by atoms with Crippen LogP contribution in [0.3, 0.4) is 0 Å². The molecule has 0 aliphatic carbocycles. The largest absolute Gasteiger partial charge is 0.293 e. The van der Waals surface area contributed by atoms with Gasteiger partial charge in [0.15, 0.2) is 5.78 Å². The lowest BCUT2D eigenvalue weighted by atomic mass is 10.1. The summed E-state index contributed by atoms with van der Waals surface area (Å²) in [6.45, 7) is 2.06. The lowest BCUT2D eigenvalue weighted by Gasteiger charge is -2.16. The Labute approximate surface area is 147 Å². The van der Waals surface area contributed by atoms with E-state index in [-0.39, 0.29) is 5.78 Å². The first kappa shape index (κ1) is 18.5. The highest BCUT2D eigenvalue weighted by atomic mass is 32.2. The van der Waals surface area contributed by atoms with E-state index < -0.39 is 10.0 Å². The van der Waals surface area contributed by atoms with Crippen molar-refractivity contribution in [3.63, 3.8) is 0 Å². The van der Waals surface area contributed by atoms with Crippen LogP contribution in [0.5, 0.6) is 0 Å². The van der Waals surface area contributed by atoms with Gasteiger partial charge in [-0.3, -0.25) is 9.10 Å². The molecule has 0 heterocycles. The van der Waals surface area contributed by atoms with Crippen molar-refractivity contribution in [2.24, 2.45) is 0 Å². The first-order valence-corrected chi connectivity index (χ1v) is 10.5. The van der Waals surface area contributed by atoms with Gasteiger partial charge in [-0.2, -0.15) is 0 Å². The Bertz CT molecular complexity index is 814. The van der Waals surface area contributed by atoms with Crippen LogP contribution in [0.1, 0.15) is 21.5 Å². The smallest absolute Gasteiger partial charge is 0.231 e. The molecule has 128 valence electrons. The third-order valence-corrected chi connectivity index (χ3v) is 5.99. The summed E-state index contributed by atoms with van der Waals surface area (Å²) in [5.41, 5.74) is 3.60. The van der Waals surface area contributed by atoms with Crippen LogP contribution in [0.2, 0.25) is 0 Å². The quantitative estimate of drug-likeness (QED) is 0.707. The van der Waals surface area contributed by atoms with E-state index in [4.69, 9.17) is 0 Å². The fourth-order valence-electron chi connectivity index (χ4n) is 2.16. The van der Waals surface area contributed by atoms with E-state index in [0.717, 1.165) is 12.0 Å². The van der Waals surface area contributed by atoms with Crippen molar-refractivity contribution in [1.29, 1.82) is 0 Å². The molecule has 0 fully saturated rings. The number of benzene rings is 2. The molecule has 6 heteroatoms. The maximum Gasteiger partial charge on any atom is 0.231 e. The van der Waals surface area contributed by atoms with E-state index in [1.807, 2.05) is 12.1 Å². The van der Waals surface area contributed by atoms with E-state index in [2.05, 4.69) is 19.1 Å². The average Bonchev–Trinajstić information content (AvgIpc) is 2.55. The second-order valence-corrected chi connectivity index (χ2v) is 8.62. The fourth-order valence-corrected chi connectivity index (χ4v) is 3.66. The number of carbonyl (C=O) groups excluding carboxylic acids is 1. The molecule has 24 heavy (non-hydrogen) atoms. The summed E-state index contributed by atoms with van der Waals surface area (Å²) in [7, 11) is -1.80. The maximum absolute atomic E-state index is 12.2. The van der Waals surface area contributed by atoms with Gasteiger partial charge in [0.1, 0.15) is 0 Å². The predicted octanol–water partition coefficient (Wildman–Crippen LogP) is 3.51. The number of anilines is 1. The van der Waals surface area contributed by atoms with E-state index in [1.54, 1.807) is 36.0 Å². The molecule has 0 aliphatic heterocycles. The van der Waals surface area contributed by atoms with E-state index in [1.165, 1.54) is 22.5 Å². The first-order chi connectivity index (χ1) is 11.3. The van der Waals surface area contributed by atoms with Crippen molar-refractivity contribution in [2.45, 2.75) is 12.7 Å². The van der Waals surface area contributed by atoms with Crippen molar-refractivity contribution in [2.75, 3.05) is 23.4 Å². The molecule has 2 rings (SSSR count). The third kappa shape index (κ3) is 4.85. The van der Waals surface area contributed by atoms with Gasteiger partial charge in [-0.15, -0.1) is 11.8 Å². The number of nitrogens with zero attached hydrogens (tertiary/aromatic N) is 1. The van der Waals surface area contributed by atoms with E-state index >= 15 is 0 Å². The molecule has 0 radical (unpaired) electrons. The van der Waals surface area contributed by atoms with Crippen LogP contribution in [0.4, 0.5) is 5.69 Å². The Morgan fingerprint density at radius 2 is 1.71 bits per heavy atom. The van der Waals surface area contributed by atoms with Crippen LogP contribution >= 0.6 is 11.8 Å². The van der Waals surface area contributed by atoms with Crippen LogP contribution in [-0.2, 0) is 15.8 Å². The average molecular weight is 364 g/mol. The van der Waals surface area contributed by atoms with Gasteiger partial charge in [0.05, 0.1) is 17.7 Å². The Kier molecular flexibility index (Phi) is 6.07. The van der Waals surface area contributed by atoms with Crippen LogP contribution in [0, 0.1) is 6.92 Å². The monoisotopic (exact) mass is 363 g/mol. The van der Waals surface area contributed by atoms with E-state index in [9.17, 15) is 13.2 Å². The normalized spacial score (nSPS) is 11.3. The van der Waals surface area contributed by atoms with Gasteiger partial charge in [-0.25, -0.2) is 8.42 Å². The molecule has 0 aromatic heterocycles. The van der Waals surface area contributed by atoms with Crippen molar-refractivity contribution in [1.82, 2.24) is 0 Å². The number of hydrogen-bond acceptors (Lipinski definition) is 4. The molecule has 0 unspecified atom stereocenters. The number of carbonyl (C=O) groups is 1. The molecule has 0 saturated carbocycles. The summed E-state index contributed by atoms with van der Waals surface area (Å²) >= 11 is 1.58. The molecule has 0 amide bonds. The molecule has 2 aromatic carbocycles. The van der Waals surface area contributed by atoms with Gasteiger partial charge < -0.3 is 0 Å². The number of rotatable bonds is 7. The lowest BCUT2D eigenvalue weighted by molar-refractivity contribution is 0.102. The minimum absolute atomic E-state index is 0.0437. The Hall–Kier alpha value is -1.79. The van der Waals surface area contributed by atoms with Crippen LogP contribution in [-0.4, -0.2) is 33.3 Å².